The maximum atomic E-state index is 13.7. The van der Waals surface area contributed by atoms with Crippen molar-refractivity contribution in [3.05, 3.63) is 99.1 Å². The van der Waals surface area contributed by atoms with Gasteiger partial charge in [-0.3, -0.25) is 9.69 Å². The number of anilines is 1. The average Bonchev–Trinajstić information content (AvgIpc) is 3.36. The highest BCUT2D eigenvalue weighted by Gasteiger charge is 2.39. The van der Waals surface area contributed by atoms with E-state index in [9.17, 15) is 9.18 Å². The van der Waals surface area contributed by atoms with Gasteiger partial charge < -0.3 is 4.90 Å². The summed E-state index contributed by atoms with van der Waals surface area (Å²) in [6.45, 7) is 3.27. The van der Waals surface area contributed by atoms with E-state index in [1.165, 1.54) is 23.9 Å². The highest BCUT2D eigenvalue weighted by molar-refractivity contribution is 8.19. The predicted molar refractivity (Wildman–Crippen MR) is 140 cm³/mol. The molecule has 0 N–H and O–H groups in total. The summed E-state index contributed by atoms with van der Waals surface area (Å²) in [5.74, 6) is -0.387. The summed E-state index contributed by atoms with van der Waals surface area (Å²) in [4.78, 5) is 24.0. The maximum absolute atomic E-state index is 13.7. The minimum Gasteiger partial charge on any atom is -0.334 e. The second-order valence-electron chi connectivity index (χ2n) is 7.76. The third kappa shape index (κ3) is 4.60. The molecule has 0 unspecified atom stereocenters. The fourth-order valence-corrected chi connectivity index (χ4v) is 6.43. The van der Waals surface area contributed by atoms with Crippen molar-refractivity contribution in [2.24, 2.45) is 4.99 Å². The first kappa shape index (κ1) is 23.0. The van der Waals surface area contributed by atoms with Crippen LogP contribution in [0.15, 0.2) is 92.6 Å². The number of hydrogen-bond acceptors (Lipinski definition) is 5. The molecular weight excluding hydrogens is 489 g/mol. The molecule has 0 aliphatic carbocycles. The molecule has 0 radical (unpaired) electrons. The van der Waals surface area contributed by atoms with E-state index in [2.05, 4.69) is 24.0 Å². The van der Waals surface area contributed by atoms with Gasteiger partial charge in [0.25, 0.3) is 5.91 Å². The van der Waals surface area contributed by atoms with E-state index in [4.69, 9.17) is 16.6 Å². The number of benzene rings is 3. The summed E-state index contributed by atoms with van der Waals surface area (Å²) in [7, 11) is 0. The van der Waals surface area contributed by atoms with Gasteiger partial charge in [-0.1, -0.05) is 53.7 Å². The monoisotopic (exact) mass is 509 g/mol. The zero-order valence-electron chi connectivity index (χ0n) is 18.4. The van der Waals surface area contributed by atoms with Crippen LogP contribution in [-0.4, -0.2) is 29.1 Å². The number of amidine groups is 1. The van der Waals surface area contributed by atoms with Gasteiger partial charge >= 0.3 is 0 Å². The fourth-order valence-electron chi connectivity index (χ4n) is 3.87. The van der Waals surface area contributed by atoms with Crippen LogP contribution in [-0.2, 0) is 11.2 Å². The fraction of sp³-hybridized carbons (Fsp3) is 0.154. The van der Waals surface area contributed by atoms with Crippen molar-refractivity contribution in [2.45, 2.75) is 18.2 Å². The zero-order valence-corrected chi connectivity index (χ0v) is 20.8. The van der Waals surface area contributed by atoms with E-state index in [1.54, 1.807) is 28.8 Å². The lowest BCUT2D eigenvalue weighted by Crippen LogP contribution is -2.32. The topological polar surface area (TPSA) is 35.9 Å². The van der Waals surface area contributed by atoms with E-state index in [1.807, 2.05) is 36.4 Å². The Labute approximate surface area is 211 Å². The minimum atomic E-state index is -0.319. The van der Waals surface area contributed by atoms with Crippen LogP contribution in [0.25, 0.3) is 0 Å². The first-order valence-corrected chi connectivity index (χ1v) is 12.9. The average molecular weight is 510 g/mol. The Balaban J connectivity index is 1.52. The molecule has 4 nitrogen and oxygen atoms in total. The molecule has 0 atom stereocenters. The van der Waals surface area contributed by atoms with Crippen LogP contribution in [0.5, 0.6) is 0 Å². The van der Waals surface area contributed by atoms with Gasteiger partial charge in [0.2, 0.25) is 0 Å². The van der Waals surface area contributed by atoms with Crippen molar-refractivity contribution in [1.29, 1.82) is 0 Å². The van der Waals surface area contributed by atoms with Gasteiger partial charge in [0.15, 0.2) is 5.17 Å². The molecule has 3 aromatic carbocycles. The Hall–Kier alpha value is -2.74. The molecule has 8 heteroatoms. The van der Waals surface area contributed by atoms with Crippen molar-refractivity contribution < 1.29 is 9.18 Å². The standard InChI is InChI=1S/C26H21ClFN3OS2/c1-2-30-21-16-18(27)8-13-22(21)33-25(30)23-24(32)31(15-14-17-6-4-3-5-7-17)26(34-23)29-20-11-9-19(28)10-12-20/h3-13,16H,2,14-15H2,1H3. The summed E-state index contributed by atoms with van der Waals surface area (Å²) in [6.07, 6.45) is 0.707. The molecule has 34 heavy (non-hydrogen) atoms. The van der Waals surface area contributed by atoms with Crippen LogP contribution in [0, 0.1) is 5.82 Å². The molecular formula is C26H21ClFN3OS2. The van der Waals surface area contributed by atoms with Crippen LogP contribution in [0.4, 0.5) is 15.8 Å². The molecule has 0 spiro atoms. The Morgan fingerprint density at radius 2 is 1.74 bits per heavy atom. The van der Waals surface area contributed by atoms with Gasteiger partial charge in [-0.2, -0.15) is 0 Å². The number of rotatable bonds is 5. The van der Waals surface area contributed by atoms with Crippen LogP contribution in [0.3, 0.4) is 0 Å². The van der Waals surface area contributed by atoms with Crippen molar-refractivity contribution in [1.82, 2.24) is 4.90 Å². The highest BCUT2D eigenvalue weighted by atomic mass is 35.5. The van der Waals surface area contributed by atoms with E-state index < -0.39 is 0 Å². The molecule has 2 aliphatic heterocycles. The van der Waals surface area contributed by atoms with Gasteiger partial charge in [-0.05, 0) is 73.1 Å². The van der Waals surface area contributed by atoms with Crippen molar-refractivity contribution >= 4 is 57.6 Å². The molecule has 3 aromatic rings. The normalized spacial score (nSPS) is 18.8. The summed E-state index contributed by atoms with van der Waals surface area (Å²) >= 11 is 9.20. The van der Waals surface area contributed by atoms with Gasteiger partial charge in [0.1, 0.15) is 15.8 Å². The zero-order chi connectivity index (χ0) is 23.7. The molecule has 0 saturated carbocycles. The molecule has 2 heterocycles. The smallest absolute Gasteiger partial charge is 0.269 e. The quantitative estimate of drug-likeness (QED) is 0.344. The SMILES string of the molecule is CCN1C(=C2SC(=Nc3ccc(F)cc3)N(CCc3ccccc3)C2=O)Sc2ccc(Cl)cc21. The predicted octanol–water partition coefficient (Wildman–Crippen LogP) is 7.09. The molecule has 1 amide bonds. The first-order valence-electron chi connectivity index (χ1n) is 10.9. The minimum absolute atomic E-state index is 0.0679. The second kappa shape index (κ2) is 9.86. The van der Waals surface area contributed by atoms with Crippen molar-refractivity contribution in [3.63, 3.8) is 0 Å². The third-order valence-corrected chi connectivity index (χ3v) is 8.17. The second-order valence-corrected chi connectivity index (χ2v) is 10.2. The van der Waals surface area contributed by atoms with Crippen molar-refractivity contribution in [2.75, 3.05) is 18.0 Å². The summed E-state index contributed by atoms with van der Waals surface area (Å²) in [5.41, 5.74) is 2.76. The maximum Gasteiger partial charge on any atom is 0.269 e. The number of carbonyl (C=O) groups excluding carboxylic acids is 1. The number of halogens is 2. The summed E-state index contributed by atoms with van der Waals surface area (Å²) in [5, 5.41) is 2.15. The number of amides is 1. The number of aliphatic imine (C=N–C) groups is 1. The van der Waals surface area contributed by atoms with Crippen LogP contribution < -0.4 is 4.90 Å². The Kier molecular flexibility index (Phi) is 6.68. The third-order valence-electron chi connectivity index (χ3n) is 5.56. The van der Waals surface area contributed by atoms with Gasteiger partial charge in [-0.25, -0.2) is 9.38 Å². The Morgan fingerprint density at radius 3 is 2.47 bits per heavy atom. The number of nitrogens with zero attached hydrogens (tertiary/aromatic N) is 3. The summed E-state index contributed by atoms with van der Waals surface area (Å²) < 4.78 is 13.4. The molecule has 5 rings (SSSR count). The lowest BCUT2D eigenvalue weighted by atomic mass is 10.1. The number of thioether (sulfide) groups is 2. The van der Waals surface area contributed by atoms with Crippen molar-refractivity contribution in [3.8, 4) is 0 Å². The number of hydrogen-bond donors (Lipinski definition) is 0. The molecule has 1 fully saturated rings. The lowest BCUT2D eigenvalue weighted by molar-refractivity contribution is -0.122. The largest absolute Gasteiger partial charge is 0.334 e. The highest BCUT2D eigenvalue weighted by Crippen LogP contribution is 2.51. The number of fused-ring (bicyclic) bond motifs is 1. The summed E-state index contributed by atoms with van der Waals surface area (Å²) in [6, 6.07) is 21.8. The van der Waals surface area contributed by atoms with E-state index in [0.29, 0.717) is 40.3 Å². The molecule has 2 aliphatic rings. The van der Waals surface area contributed by atoms with Gasteiger partial charge in [0, 0.05) is 23.0 Å². The molecule has 0 aromatic heterocycles. The Morgan fingerprint density at radius 1 is 0.971 bits per heavy atom. The first-order chi connectivity index (χ1) is 16.5. The van der Waals surface area contributed by atoms with Gasteiger partial charge in [-0.15, -0.1) is 0 Å². The van der Waals surface area contributed by atoms with Crippen LogP contribution in [0.2, 0.25) is 5.02 Å². The molecule has 0 bridgehead atoms. The molecule has 172 valence electrons. The van der Waals surface area contributed by atoms with E-state index in [0.717, 1.165) is 21.2 Å². The van der Waals surface area contributed by atoms with Crippen LogP contribution in [0.1, 0.15) is 12.5 Å². The Bertz CT molecular complexity index is 1300. The van der Waals surface area contributed by atoms with E-state index in [-0.39, 0.29) is 11.7 Å². The van der Waals surface area contributed by atoms with Gasteiger partial charge in [0.05, 0.1) is 11.4 Å². The lowest BCUT2D eigenvalue weighted by Gasteiger charge is -2.19. The number of carbonyl (C=O) groups is 1. The van der Waals surface area contributed by atoms with E-state index >= 15 is 0 Å². The van der Waals surface area contributed by atoms with Crippen LogP contribution >= 0.6 is 35.1 Å². The molecule has 1 saturated heterocycles.